The first-order valence-corrected chi connectivity index (χ1v) is 5.07. The van der Waals surface area contributed by atoms with Crippen LogP contribution in [0.5, 0.6) is 0 Å². The molecule has 0 aromatic heterocycles. The summed E-state index contributed by atoms with van der Waals surface area (Å²) in [7, 11) is 0. The van der Waals surface area contributed by atoms with E-state index in [-0.39, 0.29) is 11.8 Å². The van der Waals surface area contributed by atoms with E-state index >= 15 is 0 Å². The average Bonchev–Trinajstić information content (AvgIpc) is 2.22. The highest BCUT2D eigenvalue weighted by Gasteiger charge is 2.07. The van der Waals surface area contributed by atoms with Gasteiger partial charge in [0.25, 0.3) is 0 Å². The molecule has 0 aromatic rings. The number of carbonyl (C=O) groups is 2. The van der Waals surface area contributed by atoms with Gasteiger partial charge in [-0.05, 0) is 11.1 Å². The zero-order valence-electron chi connectivity index (χ0n) is 9.65. The molecule has 0 saturated carbocycles. The van der Waals surface area contributed by atoms with Crippen LogP contribution in [-0.4, -0.2) is 18.0 Å². The monoisotopic (exact) mass is 231 g/mol. The fourth-order valence-electron chi connectivity index (χ4n) is 1.17. The minimum absolute atomic E-state index is 0.356. The molecule has 2 rings (SSSR count). The Labute approximate surface area is 99.4 Å². The Morgan fingerprint density at radius 1 is 1.06 bits per heavy atom. The number of hydrogen-bond donors (Lipinski definition) is 2. The summed E-state index contributed by atoms with van der Waals surface area (Å²) in [5.74, 6) is -0.712. The van der Waals surface area contributed by atoms with Gasteiger partial charge in [0, 0.05) is 13.8 Å². The molecule has 0 unspecified atom stereocenters. The van der Waals surface area contributed by atoms with Gasteiger partial charge in [0.05, 0.1) is 0 Å². The molecule has 0 bridgehead atoms. The summed E-state index contributed by atoms with van der Waals surface area (Å²) >= 11 is 0. The van der Waals surface area contributed by atoms with Crippen molar-refractivity contribution in [1.29, 1.82) is 5.26 Å². The van der Waals surface area contributed by atoms with Crippen LogP contribution in [0.3, 0.4) is 0 Å². The molecular weight excluding hydrogens is 218 g/mol. The number of benzene rings is 1. The Kier molecular flexibility index (Phi) is 4.23. The molecule has 0 fully saturated rings. The molecule has 0 radical (unpaired) electrons. The number of hydrogen-bond acceptors (Lipinski definition) is 3. The van der Waals surface area contributed by atoms with Crippen LogP contribution in [-0.2, 0) is 9.59 Å². The van der Waals surface area contributed by atoms with Crippen molar-refractivity contribution in [2.75, 3.05) is 0 Å². The van der Waals surface area contributed by atoms with Gasteiger partial charge in [-0.15, -0.1) is 0 Å². The first-order valence-electron chi connectivity index (χ1n) is 5.07. The molecule has 88 valence electrons. The second kappa shape index (κ2) is 5.66. The Balaban J connectivity index is 0.000000196. The molecule has 2 aliphatic carbocycles. The van der Waals surface area contributed by atoms with Crippen molar-refractivity contribution in [2.24, 2.45) is 0 Å². The van der Waals surface area contributed by atoms with Gasteiger partial charge in [0.1, 0.15) is 6.07 Å². The summed E-state index contributed by atoms with van der Waals surface area (Å²) < 4.78 is 0. The van der Waals surface area contributed by atoms with E-state index in [4.69, 9.17) is 5.26 Å². The largest absolute Gasteiger partial charge is 0.324 e. The van der Waals surface area contributed by atoms with Crippen molar-refractivity contribution < 1.29 is 9.59 Å². The number of rotatable bonds is 2. The smallest absolute Gasteiger partial charge is 0.219 e. The van der Waals surface area contributed by atoms with Crippen molar-refractivity contribution in [3.8, 4) is 17.2 Å². The molecule has 0 heterocycles. The van der Waals surface area contributed by atoms with E-state index in [2.05, 4.69) is 34.9 Å². The van der Waals surface area contributed by atoms with E-state index < -0.39 is 6.17 Å². The lowest BCUT2D eigenvalue weighted by Gasteiger charge is -2.10. The van der Waals surface area contributed by atoms with Crippen molar-refractivity contribution in [1.82, 2.24) is 10.6 Å². The first kappa shape index (κ1) is 12.7. The van der Waals surface area contributed by atoms with Gasteiger partial charge in [-0.1, -0.05) is 24.3 Å². The summed E-state index contributed by atoms with van der Waals surface area (Å²) in [4.78, 5) is 20.8. The number of amides is 2. The third kappa shape index (κ3) is 3.95. The van der Waals surface area contributed by atoms with Crippen molar-refractivity contribution in [3.05, 3.63) is 24.3 Å². The molecule has 2 N–H and O–H groups in total. The van der Waals surface area contributed by atoms with Crippen molar-refractivity contribution in [3.63, 3.8) is 0 Å². The van der Waals surface area contributed by atoms with Gasteiger partial charge in [-0.2, -0.15) is 5.26 Å². The highest BCUT2D eigenvalue weighted by Crippen LogP contribution is 2.29. The van der Waals surface area contributed by atoms with Crippen LogP contribution in [0.15, 0.2) is 24.3 Å². The third-order valence-corrected chi connectivity index (χ3v) is 2.04. The summed E-state index contributed by atoms with van der Waals surface area (Å²) in [6.45, 7) is 2.54. The minimum atomic E-state index is -0.926. The van der Waals surface area contributed by atoms with Crippen LogP contribution in [0.1, 0.15) is 13.8 Å². The van der Waals surface area contributed by atoms with E-state index in [0.717, 1.165) is 0 Å². The Morgan fingerprint density at radius 2 is 1.41 bits per heavy atom. The quantitative estimate of drug-likeness (QED) is 0.749. The Hall–Kier alpha value is -2.35. The van der Waals surface area contributed by atoms with Gasteiger partial charge in [-0.3, -0.25) is 9.59 Å². The van der Waals surface area contributed by atoms with Crippen molar-refractivity contribution in [2.45, 2.75) is 20.0 Å². The lowest BCUT2D eigenvalue weighted by Crippen LogP contribution is -2.45. The van der Waals surface area contributed by atoms with Gasteiger partial charge >= 0.3 is 0 Å². The predicted octanol–water partition coefficient (Wildman–Crippen LogP) is 0.775. The second-order valence-electron chi connectivity index (χ2n) is 3.54. The van der Waals surface area contributed by atoms with Gasteiger partial charge in [0.2, 0.25) is 11.8 Å². The zero-order chi connectivity index (χ0) is 12.8. The SMILES string of the molecule is CC(=O)NC(C#N)NC(C)=O.c1cc2ccc1-2. The molecule has 0 atom stereocenters. The second-order valence-corrected chi connectivity index (χ2v) is 3.54. The topological polar surface area (TPSA) is 82.0 Å². The molecule has 17 heavy (non-hydrogen) atoms. The van der Waals surface area contributed by atoms with E-state index in [1.54, 1.807) is 6.07 Å². The van der Waals surface area contributed by atoms with Crippen LogP contribution in [0.25, 0.3) is 11.1 Å². The summed E-state index contributed by atoms with van der Waals surface area (Å²) in [5.41, 5.74) is 2.85. The fourth-order valence-corrected chi connectivity index (χ4v) is 1.17. The van der Waals surface area contributed by atoms with E-state index in [1.165, 1.54) is 25.0 Å². The van der Waals surface area contributed by atoms with Crippen LogP contribution < -0.4 is 10.6 Å². The van der Waals surface area contributed by atoms with Crippen LogP contribution in [0.4, 0.5) is 0 Å². The Bertz CT molecular complexity index is 423. The number of nitrogens with one attached hydrogen (secondary N) is 2. The lowest BCUT2D eigenvalue weighted by atomic mass is 9.95. The first-order chi connectivity index (χ1) is 8.02. The molecule has 0 aromatic carbocycles. The van der Waals surface area contributed by atoms with Crippen LogP contribution >= 0.6 is 0 Å². The molecule has 2 aliphatic rings. The maximum absolute atomic E-state index is 10.4. The van der Waals surface area contributed by atoms with Crippen molar-refractivity contribution >= 4 is 11.8 Å². The van der Waals surface area contributed by atoms with Gasteiger partial charge in [0.15, 0.2) is 6.17 Å². The fraction of sp³-hybridized carbons (Fsp3) is 0.250. The lowest BCUT2D eigenvalue weighted by molar-refractivity contribution is -0.121. The summed E-state index contributed by atoms with van der Waals surface area (Å²) in [5, 5.41) is 12.8. The van der Waals surface area contributed by atoms with Gasteiger partial charge < -0.3 is 10.6 Å². The number of nitriles is 1. The molecule has 2 amide bonds. The third-order valence-electron chi connectivity index (χ3n) is 2.04. The number of fused-ring (bicyclic) bond motifs is 1. The molecule has 0 spiro atoms. The normalized spacial score (nSPS) is 9.53. The summed E-state index contributed by atoms with van der Waals surface area (Å²) in [6, 6.07) is 10.2. The highest BCUT2D eigenvalue weighted by atomic mass is 16.2. The van der Waals surface area contributed by atoms with Crippen LogP contribution in [0.2, 0.25) is 0 Å². The zero-order valence-corrected chi connectivity index (χ0v) is 9.65. The number of carbonyl (C=O) groups excluding carboxylic acids is 2. The average molecular weight is 231 g/mol. The maximum atomic E-state index is 10.4. The van der Waals surface area contributed by atoms with E-state index in [1.807, 2.05) is 0 Å². The molecule has 0 aliphatic heterocycles. The van der Waals surface area contributed by atoms with E-state index in [9.17, 15) is 9.59 Å². The molecule has 0 saturated heterocycles. The Morgan fingerprint density at radius 3 is 1.53 bits per heavy atom. The van der Waals surface area contributed by atoms with Gasteiger partial charge in [-0.25, -0.2) is 0 Å². The highest BCUT2D eigenvalue weighted by molar-refractivity contribution is 5.77. The molecular formula is C12H13N3O2. The maximum Gasteiger partial charge on any atom is 0.219 e. The molecule has 5 nitrogen and oxygen atoms in total. The number of nitrogens with zero attached hydrogens (tertiary/aromatic N) is 1. The predicted molar refractivity (Wildman–Crippen MR) is 62.5 cm³/mol. The van der Waals surface area contributed by atoms with E-state index in [0.29, 0.717) is 0 Å². The summed E-state index contributed by atoms with van der Waals surface area (Å²) in [6.07, 6.45) is -0.926. The standard InChI is InChI=1S/C6H9N3O2.C6H4/c1-4(10)8-6(3-7)9-5(2)11;1-2-6-4-3-5(1)6/h6H,1-2H3,(H,8,10)(H,9,11);1-4H. The van der Waals surface area contributed by atoms with Crippen LogP contribution in [0, 0.1) is 11.3 Å². The minimum Gasteiger partial charge on any atom is -0.324 e. The molecule has 5 heteroatoms.